The van der Waals surface area contributed by atoms with Gasteiger partial charge in [-0.15, -0.1) is 0 Å². The minimum atomic E-state index is -3.92. The van der Waals surface area contributed by atoms with E-state index < -0.39 is 16.1 Å². The number of benzene rings is 3. The number of sulfonamides is 1. The normalized spacial score (nSPS) is 15.6. The molecule has 0 fully saturated rings. The third-order valence-electron chi connectivity index (χ3n) is 5.25. The van der Waals surface area contributed by atoms with Gasteiger partial charge in [0.1, 0.15) is 5.75 Å². The highest BCUT2D eigenvalue weighted by atomic mass is 35.5. The van der Waals surface area contributed by atoms with E-state index >= 15 is 0 Å². The van der Waals surface area contributed by atoms with E-state index in [0.717, 1.165) is 11.1 Å². The molecule has 1 unspecified atom stereocenters. The van der Waals surface area contributed by atoms with Gasteiger partial charge >= 0.3 is 0 Å². The van der Waals surface area contributed by atoms with E-state index in [1.807, 2.05) is 37.3 Å². The highest BCUT2D eigenvalue weighted by Gasteiger charge is 2.37. The van der Waals surface area contributed by atoms with Gasteiger partial charge in [-0.05, 0) is 49.2 Å². The van der Waals surface area contributed by atoms with Crippen LogP contribution in [0.25, 0.3) is 0 Å². The van der Waals surface area contributed by atoms with E-state index in [2.05, 4.69) is 5.32 Å². The fourth-order valence-electron chi connectivity index (χ4n) is 3.51. The Balaban J connectivity index is 1.57. The van der Waals surface area contributed by atoms with Gasteiger partial charge in [-0.2, -0.15) is 0 Å². The van der Waals surface area contributed by atoms with Gasteiger partial charge in [0.05, 0.1) is 17.1 Å². The predicted molar refractivity (Wildman–Crippen MR) is 125 cm³/mol. The summed E-state index contributed by atoms with van der Waals surface area (Å²) in [6, 6.07) is 21.1. The van der Waals surface area contributed by atoms with Crippen LogP contribution in [0.5, 0.6) is 5.75 Å². The molecule has 0 aliphatic carbocycles. The number of hydrogen-bond acceptors (Lipinski definition) is 4. The van der Waals surface area contributed by atoms with Crippen molar-refractivity contribution in [2.75, 3.05) is 17.4 Å². The van der Waals surface area contributed by atoms with Crippen molar-refractivity contribution in [2.24, 2.45) is 0 Å². The van der Waals surface area contributed by atoms with Crippen LogP contribution in [0.4, 0.5) is 5.69 Å². The predicted octanol–water partition coefficient (Wildman–Crippen LogP) is 3.96. The number of hydrogen-bond donors (Lipinski definition) is 1. The summed E-state index contributed by atoms with van der Waals surface area (Å²) in [5.74, 6) is -0.0785. The highest BCUT2D eigenvalue weighted by molar-refractivity contribution is 7.92. The van der Waals surface area contributed by atoms with E-state index in [1.165, 1.54) is 10.4 Å². The number of halogens is 1. The number of anilines is 1. The summed E-state index contributed by atoms with van der Waals surface area (Å²) in [5.41, 5.74) is 2.36. The third kappa shape index (κ3) is 4.74. The molecule has 6 nitrogen and oxygen atoms in total. The van der Waals surface area contributed by atoms with Crippen molar-refractivity contribution in [3.05, 3.63) is 88.9 Å². The van der Waals surface area contributed by atoms with Gasteiger partial charge in [-0.25, -0.2) is 8.42 Å². The van der Waals surface area contributed by atoms with Crippen LogP contribution in [-0.4, -0.2) is 33.5 Å². The first-order valence-corrected chi connectivity index (χ1v) is 12.0. The van der Waals surface area contributed by atoms with Crippen molar-refractivity contribution in [2.45, 2.75) is 24.3 Å². The number of nitrogens with one attached hydrogen (secondary N) is 1. The number of rotatable bonds is 6. The Bertz CT molecular complexity index is 1210. The van der Waals surface area contributed by atoms with Crippen molar-refractivity contribution in [3.8, 4) is 5.75 Å². The van der Waals surface area contributed by atoms with Crippen molar-refractivity contribution in [3.63, 3.8) is 0 Å². The zero-order valence-corrected chi connectivity index (χ0v) is 19.1. The summed E-state index contributed by atoms with van der Waals surface area (Å²) in [7, 11) is -3.92. The molecule has 1 aliphatic heterocycles. The van der Waals surface area contributed by atoms with Crippen molar-refractivity contribution >= 4 is 33.2 Å². The number of ether oxygens (including phenoxy) is 1. The van der Waals surface area contributed by atoms with Gasteiger partial charge in [0, 0.05) is 11.6 Å². The van der Waals surface area contributed by atoms with Crippen LogP contribution < -0.4 is 14.4 Å². The molecular formula is C24H23ClN2O4S. The fourth-order valence-corrected chi connectivity index (χ4v) is 5.15. The van der Waals surface area contributed by atoms with Crippen LogP contribution in [0, 0.1) is 6.92 Å². The first-order chi connectivity index (χ1) is 15.3. The SMILES string of the molecule is Cc1ccc(S(=O)(=O)N2CC(C(=O)NCCc3ccccc3)Oc3ccc(Cl)cc32)cc1. The lowest BCUT2D eigenvalue weighted by Crippen LogP contribution is -2.51. The third-order valence-corrected chi connectivity index (χ3v) is 7.28. The van der Waals surface area contributed by atoms with Crippen LogP contribution in [0.15, 0.2) is 77.7 Å². The molecule has 0 aromatic heterocycles. The lowest BCUT2D eigenvalue weighted by molar-refractivity contribution is -0.127. The van der Waals surface area contributed by atoms with Gasteiger partial charge in [-0.3, -0.25) is 9.10 Å². The summed E-state index contributed by atoms with van der Waals surface area (Å²) in [6.45, 7) is 2.15. The molecule has 1 heterocycles. The summed E-state index contributed by atoms with van der Waals surface area (Å²) in [6.07, 6.45) is -0.323. The second-order valence-corrected chi connectivity index (χ2v) is 9.89. The maximum Gasteiger partial charge on any atom is 0.264 e. The first kappa shape index (κ1) is 22.2. The molecule has 3 aromatic rings. The van der Waals surface area contributed by atoms with Gasteiger partial charge in [-0.1, -0.05) is 59.6 Å². The Labute approximate surface area is 192 Å². The molecule has 0 saturated heterocycles. The Morgan fingerprint density at radius 3 is 2.53 bits per heavy atom. The molecule has 1 N–H and O–H groups in total. The zero-order chi connectivity index (χ0) is 22.7. The van der Waals surface area contributed by atoms with E-state index in [0.29, 0.717) is 29.4 Å². The lowest BCUT2D eigenvalue weighted by Gasteiger charge is -2.35. The molecule has 0 bridgehead atoms. The quantitative estimate of drug-likeness (QED) is 0.591. The summed E-state index contributed by atoms with van der Waals surface area (Å²) >= 11 is 6.13. The minimum Gasteiger partial charge on any atom is -0.476 e. The number of carbonyl (C=O) groups excluding carboxylic acids is 1. The largest absolute Gasteiger partial charge is 0.476 e. The van der Waals surface area contributed by atoms with Crippen LogP contribution >= 0.6 is 11.6 Å². The summed E-state index contributed by atoms with van der Waals surface area (Å²) < 4.78 is 33.9. The topological polar surface area (TPSA) is 75.7 Å². The second-order valence-electron chi connectivity index (χ2n) is 7.59. The van der Waals surface area contributed by atoms with Gasteiger partial charge < -0.3 is 10.1 Å². The number of amides is 1. The Morgan fingerprint density at radius 1 is 1.09 bits per heavy atom. The molecule has 3 aromatic carbocycles. The molecule has 1 aliphatic rings. The number of aryl methyl sites for hydroxylation is 1. The second kappa shape index (κ2) is 9.22. The number of nitrogens with zero attached hydrogens (tertiary/aromatic N) is 1. The van der Waals surface area contributed by atoms with Gasteiger partial charge in [0.25, 0.3) is 15.9 Å². The monoisotopic (exact) mass is 470 g/mol. The fraction of sp³-hybridized carbons (Fsp3) is 0.208. The number of fused-ring (bicyclic) bond motifs is 1. The van der Waals surface area contributed by atoms with E-state index in [-0.39, 0.29) is 17.3 Å². The molecule has 1 amide bonds. The maximum absolute atomic E-state index is 13.4. The molecule has 1 atom stereocenters. The van der Waals surface area contributed by atoms with E-state index in [4.69, 9.17) is 16.3 Å². The van der Waals surface area contributed by atoms with Crippen molar-refractivity contribution in [1.82, 2.24) is 5.32 Å². The Kier molecular flexibility index (Phi) is 6.39. The molecule has 0 saturated carbocycles. The molecular weight excluding hydrogens is 448 g/mol. The van der Waals surface area contributed by atoms with Crippen LogP contribution in [0.3, 0.4) is 0 Å². The summed E-state index contributed by atoms with van der Waals surface area (Å²) in [4.78, 5) is 13.0. The standard InChI is InChI=1S/C24H23ClN2O4S/c1-17-7-10-20(11-8-17)32(29,30)27-16-23(31-22-12-9-19(25)15-21(22)27)24(28)26-14-13-18-5-3-2-4-6-18/h2-12,15,23H,13-14,16H2,1H3,(H,26,28). The minimum absolute atomic E-state index is 0.138. The Hall–Kier alpha value is -3.03. The highest BCUT2D eigenvalue weighted by Crippen LogP contribution is 2.38. The lowest BCUT2D eigenvalue weighted by atomic mass is 10.1. The molecule has 166 valence electrons. The average molecular weight is 471 g/mol. The first-order valence-electron chi connectivity index (χ1n) is 10.2. The van der Waals surface area contributed by atoms with Gasteiger partial charge in [0.2, 0.25) is 0 Å². The molecule has 8 heteroatoms. The van der Waals surface area contributed by atoms with Gasteiger partial charge in [0.15, 0.2) is 6.10 Å². The zero-order valence-electron chi connectivity index (χ0n) is 17.5. The molecule has 32 heavy (non-hydrogen) atoms. The van der Waals surface area contributed by atoms with E-state index in [9.17, 15) is 13.2 Å². The van der Waals surface area contributed by atoms with Crippen molar-refractivity contribution < 1.29 is 17.9 Å². The smallest absolute Gasteiger partial charge is 0.264 e. The Morgan fingerprint density at radius 2 is 1.81 bits per heavy atom. The van der Waals surface area contributed by atoms with Crippen LogP contribution in [-0.2, 0) is 21.2 Å². The van der Waals surface area contributed by atoms with E-state index in [1.54, 1.807) is 36.4 Å². The summed E-state index contributed by atoms with van der Waals surface area (Å²) in [5, 5.41) is 3.23. The van der Waals surface area contributed by atoms with Crippen molar-refractivity contribution in [1.29, 1.82) is 0 Å². The number of carbonyl (C=O) groups is 1. The van der Waals surface area contributed by atoms with Crippen LogP contribution in [0.2, 0.25) is 5.02 Å². The molecule has 0 radical (unpaired) electrons. The maximum atomic E-state index is 13.4. The molecule has 0 spiro atoms. The average Bonchev–Trinajstić information content (AvgIpc) is 2.79. The van der Waals surface area contributed by atoms with Crippen LogP contribution in [0.1, 0.15) is 11.1 Å². The molecule has 4 rings (SSSR count).